The zero-order chi connectivity index (χ0) is 44.3. The minimum absolute atomic E-state index is 0.0699. The molecule has 0 aromatic heterocycles. The predicted octanol–water partition coefficient (Wildman–Crippen LogP) is 10.1. The summed E-state index contributed by atoms with van der Waals surface area (Å²) in [5.41, 5.74) is 0.294. The molecular formula is C46H92N2O8. The van der Waals surface area contributed by atoms with Crippen LogP contribution >= 0.6 is 0 Å². The minimum atomic E-state index is -0.247. The van der Waals surface area contributed by atoms with E-state index in [2.05, 4.69) is 72.9 Å². The molecule has 10 heteroatoms. The minimum Gasteiger partial charge on any atom is -0.379 e. The Hall–Kier alpha value is -1.88. The van der Waals surface area contributed by atoms with Gasteiger partial charge < -0.3 is 29.6 Å². The SMILES string of the molecule is CC(C)(C)CCC(=O)NC(C)(C)C.CC(C)(C)CCOCCOCCCC(=O)C(C)(C)C.CC(C)(C)CCOCCOCCCC(=O)CCC(=O)NC(C)(C)C. The highest BCUT2D eigenvalue weighted by molar-refractivity contribution is 5.85. The van der Waals surface area contributed by atoms with E-state index in [1.54, 1.807) is 0 Å². The second kappa shape index (κ2) is 29.3. The fourth-order valence-corrected chi connectivity index (χ4v) is 4.31. The molecule has 334 valence electrons. The van der Waals surface area contributed by atoms with E-state index < -0.39 is 0 Å². The highest BCUT2D eigenvalue weighted by atomic mass is 16.5. The zero-order valence-corrected chi connectivity index (χ0v) is 40.0. The highest BCUT2D eigenvalue weighted by Gasteiger charge is 2.20. The van der Waals surface area contributed by atoms with Gasteiger partial charge in [-0.2, -0.15) is 0 Å². The number of ketones is 2. The maximum absolute atomic E-state index is 11.7. The average Bonchev–Trinajstić information content (AvgIpc) is 2.98. The summed E-state index contributed by atoms with van der Waals surface area (Å²) >= 11 is 0. The van der Waals surface area contributed by atoms with Gasteiger partial charge in [0.25, 0.3) is 0 Å². The first kappa shape index (κ1) is 58.4. The van der Waals surface area contributed by atoms with Crippen LogP contribution in [0.4, 0.5) is 0 Å². The number of carbonyl (C=O) groups excluding carboxylic acids is 4. The van der Waals surface area contributed by atoms with Crippen LogP contribution in [0.2, 0.25) is 0 Å². The Bertz CT molecular complexity index is 1050. The summed E-state index contributed by atoms with van der Waals surface area (Å²) in [5.74, 6) is 0.503. The molecule has 56 heavy (non-hydrogen) atoms. The molecule has 0 atom stereocenters. The van der Waals surface area contributed by atoms with E-state index in [9.17, 15) is 19.2 Å². The van der Waals surface area contributed by atoms with E-state index in [-0.39, 0.29) is 45.9 Å². The van der Waals surface area contributed by atoms with Crippen LogP contribution in [0.5, 0.6) is 0 Å². The van der Waals surface area contributed by atoms with Crippen molar-refractivity contribution in [2.45, 2.75) is 200 Å². The molecule has 0 aliphatic heterocycles. The van der Waals surface area contributed by atoms with Crippen LogP contribution in [-0.2, 0) is 38.1 Å². The number of amides is 2. The normalized spacial score (nSPS) is 12.5. The van der Waals surface area contributed by atoms with Crippen molar-refractivity contribution in [1.82, 2.24) is 10.6 Å². The van der Waals surface area contributed by atoms with Gasteiger partial charge in [0.1, 0.15) is 11.6 Å². The van der Waals surface area contributed by atoms with Gasteiger partial charge in [0.15, 0.2) is 0 Å². The van der Waals surface area contributed by atoms with Gasteiger partial charge in [-0.3, -0.25) is 19.2 Å². The fraction of sp³-hybridized carbons (Fsp3) is 0.913. The topological polar surface area (TPSA) is 129 Å². The third-order valence-electron chi connectivity index (χ3n) is 7.77. The largest absolute Gasteiger partial charge is 0.379 e. The molecular weight excluding hydrogens is 709 g/mol. The molecule has 2 amide bonds. The summed E-state index contributed by atoms with van der Waals surface area (Å²) in [6.07, 6.45) is 6.80. The molecule has 0 heterocycles. The number of hydrogen-bond acceptors (Lipinski definition) is 8. The molecule has 0 saturated carbocycles. The first-order valence-electron chi connectivity index (χ1n) is 21.2. The van der Waals surface area contributed by atoms with Crippen LogP contribution in [-0.4, -0.2) is 87.3 Å². The Labute approximate surface area is 345 Å². The zero-order valence-electron chi connectivity index (χ0n) is 40.0. The second-order valence-corrected chi connectivity index (χ2v) is 21.6. The number of rotatable bonds is 23. The van der Waals surface area contributed by atoms with Crippen molar-refractivity contribution in [3.63, 3.8) is 0 Å². The van der Waals surface area contributed by atoms with Gasteiger partial charge >= 0.3 is 0 Å². The smallest absolute Gasteiger partial charge is 0.220 e. The Morgan fingerprint density at radius 2 is 0.714 bits per heavy atom. The van der Waals surface area contributed by atoms with Crippen molar-refractivity contribution < 1.29 is 38.1 Å². The third kappa shape index (κ3) is 52.1. The Kier molecular flexibility index (Phi) is 30.6. The molecule has 0 rings (SSSR count). The lowest BCUT2D eigenvalue weighted by Crippen LogP contribution is -2.40. The van der Waals surface area contributed by atoms with Gasteiger partial charge in [-0.25, -0.2) is 0 Å². The number of nitrogens with one attached hydrogen (secondary N) is 2. The molecule has 0 unspecified atom stereocenters. The average molecular weight is 801 g/mol. The van der Waals surface area contributed by atoms with Crippen LogP contribution < -0.4 is 10.6 Å². The standard InChI is InChI=1S/C19H37NO4.C16H32O3.C11H23NO/c1-18(2,3)11-13-24-15-14-23-12-7-8-16(21)9-10-17(22)20-19(4,5)6;1-15(2,3)9-11-19-13-12-18-10-7-8-14(17)16(4,5)6;1-10(2,3)8-7-9(13)12-11(4,5)6/h7-15H2,1-6H3,(H,20,22);7-13H2,1-6H3;7-8H2,1-6H3,(H,12,13). The fourth-order valence-electron chi connectivity index (χ4n) is 4.31. The monoisotopic (exact) mass is 801 g/mol. The van der Waals surface area contributed by atoms with Gasteiger partial charge in [-0.05, 0) is 89.9 Å². The van der Waals surface area contributed by atoms with Gasteiger partial charge in [0.05, 0.1) is 26.4 Å². The molecule has 0 aromatic carbocycles. The van der Waals surface area contributed by atoms with E-state index >= 15 is 0 Å². The van der Waals surface area contributed by atoms with E-state index in [4.69, 9.17) is 18.9 Å². The predicted molar refractivity (Wildman–Crippen MR) is 233 cm³/mol. The van der Waals surface area contributed by atoms with Crippen molar-refractivity contribution in [1.29, 1.82) is 0 Å². The molecule has 2 N–H and O–H groups in total. The second-order valence-electron chi connectivity index (χ2n) is 21.6. The maximum atomic E-state index is 11.7. The molecule has 0 radical (unpaired) electrons. The summed E-state index contributed by atoms with van der Waals surface area (Å²) in [6, 6.07) is 0. The molecule has 0 bridgehead atoms. The lowest BCUT2D eigenvalue weighted by Gasteiger charge is -2.22. The van der Waals surface area contributed by atoms with Crippen molar-refractivity contribution in [2.75, 3.05) is 52.9 Å². The molecule has 0 saturated heterocycles. The van der Waals surface area contributed by atoms with Gasteiger partial charge in [-0.15, -0.1) is 0 Å². The first-order chi connectivity index (χ1) is 25.2. The Balaban J connectivity index is -0.000000787. The summed E-state index contributed by atoms with van der Waals surface area (Å²) < 4.78 is 21.9. The van der Waals surface area contributed by atoms with Crippen molar-refractivity contribution in [2.24, 2.45) is 21.7 Å². The lowest BCUT2D eigenvalue weighted by molar-refractivity contribution is -0.126. The van der Waals surface area contributed by atoms with Crippen LogP contribution in [0.1, 0.15) is 189 Å². The number of Topliss-reactive ketones (excluding diaryl/α,β-unsaturated/α-hetero) is 2. The molecule has 0 spiro atoms. The third-order valence-corrected chi connectivity index (χ3v) is 7.77. The van der Waals surface area contributed by atoms with Crippen LogP contribution in [0.15, 0.2) is 0 Å². The van der Waals surface area contributed by atoms with Gasteiger partial charge in [0.2, 0.25) is 11.8 Å². The van der Waals surface area contributed by atoms with E-state index in [1.807, 2.05) is 62.3 Å². The quantitative estimate of drug-likeness (QED) is 0.0978. The summed E-state index contributed by atoms with van der Waals surface area (Å²) in [6.45, 7) is 42.5. The van der Waals surface area contributed by atoms with Gasteiger partial charge in [0, 0.05) is 75.0 Å². The van der Waals surface area contributed by atoms with E-state index in [0.717, 1.165) is 38.9 Å². The number of ether oxygens (including phenoxy) is 4. The molecule has 0 aliphatic rings. The molecule has 0 aliphatic carbocycles. The van der Waals surface area contributed by atoms with Gasteiger partial charge in [-0.1, -0.05) is 83.1 Å². The molecule has 10 nitrogen and oxygen atoms in total. The van der Waals surface area contributed by atoms with E-state index in [0.29, 0.717) is 88.4 Å². The van der Waals surface area contributed by atoms with Crippen molar-refractivity contribution in [3.8, 4) is 0 Å². The molecule has 0 fully saturated rings. The summed E-state index contributed by atoms with van der Waals surface area (Å²) in [5, 5.41) is 5.81. The number of hydrogen-bond donors (Lipinski definition) is 2. The first-order valence-corrected chi connectivity index (χ1v) is 21.2. The van der Waals surface area contributed by atoms with Crippen molar-refractivity contribution in [3.05, 3.63) is 0 Å². The van der Waals surface area contributed by atoms with E-state index in [1.165, 1.54) is 0 Å². The summed E-state index contributed by atoms with van der Waals surface area (Å²) in [7, 11) is 0. The van der Waals surface area contributed by atoms with Crippen LogP contribution in [0.25, 0.3) is 0 Å². The van der Waals surface area contributed by atoms with Crippen LogP contribution in [0.3, 0.4) is 0 Å². The lowest BCUT2D eigenvalue weighted by atomic mass is 9.88. The number of carbonyl (C=O) groups is 4. The van der Waals surface area contributed by atoms with Crippen LogP contribution in [0, 0.1) is 21.7 Å². The highest BCUT2D eigenvalue weighted by Crippen LogP contribution is 2.21. The van der Waals surface area contributed by atoms with Crippen molar-refractivity contribution >= 4 is 23.4 Å². The molecule has 0 aromatic rings. The maximum Gasteiger partial charge on any atom is 0.220 e. The Morgan fingerprint density at radius 3 is 1.05 bits per heavy atom. The summed E-state index contributed by atoms with van der Waals surface area (Å²) in [4.78, 5) is 46.4. The Morgan fingerprint density at radius 1 is 0.375 bits per heavy atom.